The molecule has 0 spiro atoms. The van der Waals surface area contributed by atoms with Gasteiger partial charge in [-0.25, -0.2) is 0 Å². The molecule has 116 valence electrons. The Balaban J connectivity index is 1.61. The number of aromatic nitrogens is 2. The third kappa shape index (κ3) is 2.83. The highest BCUT2D eigenvalue weighted by atomic mass is 32.1. The van der Waals surface area contributed by atoms with E-state index in [4.69, 9.17) is 0 Å². The average Bonchev–Trinajstić information content (AvgIpc) is 3.18. The van der Waals surface area contributed by atoms with Crippen molar-refractivity contribution in [2.24, 2.45) is 0 Å². The average molecular weight is 316 g/mol. The van der Waals surface area contributed by atoms with Crippen LogP contribution in [0.25, 0.3) is 0 Å². The van der Waals surface area contributed by atoms with Crippen molar-refractivity contribution in [1.82, 2.24) is 14.9 Å². The smallest absolute Gasteiger partial charge is 0.265 e. The van der Waals surface area contributed by atoms with Gasteiger partial charge < -0.3 is 10.2 Å². The second-order valence-electron chi connectivity index (χ2n) is 5.53. The van der Waals surface area contributed by atoms with E-state index in [9.17, 15) is 4.79 Å². The summed E-state index contributed by atoms with van der Waals surface area (Å²) in [5, 5.41) is 7.00. The normalized spacial score (nSPS) is 14.7. The minimum Gasteiger partial charge on any atom is -0.366 e. The van der Waals surface area contributed by atoms with Crippen LogP contribution in [0.2, 0.25) is 0 Å². The highest BCUT2D eigenvalue weighted by Crippen LogP contribution is 2.28. The van der Waals surface area contributed by atoms with Gasteiger partial charge in [0.25, 0.3) is 5.91 Å². The van der Waals surface area contributed by atoms with Crippen LogP contribution in [0.15, 0.2) is 24.3 Å². The van der Waals surface area contributed by atoms with E-state index in [1.165, 1.54) is 22.8 Å². The lowest BCUT2D eigenvalue weighted by molar-refractivity contribution is 0.0954. The van der Waals surface area contributed by atoms with Gasteiger partial charge in [0.2, 0.25) is 0 Å². The molecule has 5 nitrogen and oxygen atoms in total. The zero-order valence-electron chi connectivity index (χ0n) is 12.9. The van der Waals surface area contributed by atoms with Crippen LogP contribution in [0.1, 0.15) is 34.8 Å². The van der Waals surface area contributed by atoms with E-state index >= 15 is 0 Å². The fraction of sp³-hybridized carbons (Fsp3) is 0.438. The van der Waals surface area contributed by atoms with Crippen LogP contribution in [0.4, 0.5) is 5.69 Å². The third-order valence-corrected chi connectivity index (χ3v) is 4.88. The Kier molecular flexibility index (Phi) is 4.38. The number of amides is 1. The van der Waals surface area contributed by atoms with Crippen molar-refractivity contribution < 1.29 is 4.79 Å². The molecule has 1 atom stereocenters. The molecule has 1 unspecified atom stereocenters. The van der Waals surface area contributed by atoms with Gasteiger partial charge in [-0.15, -0.1) is 5.10 Å². The van der Waals surface area contributed by atoms with E-state index in [-0.39, 0.29) is 11.9 Å². The van der Waals surface area contributed by atoms with Crippen molar-refractivity contribution >= 4 is 23.1 Å². The molecule has 0 saturated heterocycles. The summed E-state index contributed by atoms with van der Waals surface area (Å²) in [6, 6.07) is 8.75. The molecule has 1 aromatic carbocycles. The molecule has 0 radical (unpaired) electrons. The number of benzene rings is 1. The lowest BCUT2D eigenvalue weighted by Crippen LogP contribution is -2.41. The van der Waals surface area contributed by atoms with Gasteiger partial charge in [0, 0.05) is 24.8 Å². The Morgan fingerprint density at radius 2 is 2.27 bits per heavy atom. The van der Waals surface area contributed by atoms with Gasteiger partial charge in [-0.05, 0) is 42.9 Å². The van der Waals surface area contributed by atoms with Crippen LogP contribution < -0.4 is 10.2 Å². The predicted molar refractivity (Wildman–Crippen MR) is 88.6 cm³/mol. The molecule has 1 aromatic heterocycles. The number of aryl methyl sites for hydroxylation is 1. The summed E-state index contributed by atoms with van der Waals surface area (Å²) in [6.07, 6.45) is 1.81. The monoisotopic (exact) mass is 316 g/mol. The van der Waals surface area contributed by atoms with Crippen LogP contribution >= 0.6 is 11.5 Å². The number of para-hydroxylation sites is 1. The van der Waals surface area contributed by atoms with Crippen molar-refractivity contribution in [2.45, 2.75) is 32.7 Å². The molecule has 6 heteroatoms. The van der Waals surface area contributed by atoms with E-state index in [1.54, 1.807) is 0 Å². The molecular formula is C16H20N4OS. The van der Waals surface area contributed by atoms with E-state index in [0.717, 1.165) is 25.1 Å². The van der Waals surface area contributed by atoms with Crippen molar-refractivity contribution in [3.8, 4) is 0 Å². The SMILES string of the molecule is CCc1nnsc1C(=O)NCC(C)N1CCc2ccccc21. The summed E-state index contributed by atoms with van der Waals surface area (Å²) in [7, 11) is 0. The van der Waals surface area contributed by atoms with Gasteiger partial charge in [-0.2, -0.15) is 0 Å². The van der Waals surface area contributed by atoms with Crippen molar-refractivity contribution in [2.75, 3.05) is 18.0 Å². The van der Waals surface area contributed by atoms with Gasteiger partial charge in [0.1, 0.15) is 4.88 Å². The topological polar surface area (TPSA) is 58.1 Å². The zero-order valence-corrected chi connectivity index (χ0v) is 13.7. The van der Waals surface area contributed by atoms with E-state index in [0.29, 0.717) is 11.4 Å². The molecule has 0 saturated carbocycles. The first-order valence-corrected chi connectivity index (χ1v) is 8.42. The maximum Gasteiger partial charge on any atom is 0.265 e. The summed E-state index contributed by atoms with van der Waals surface area (Å²) in [4.78, 5) is 15.2. The van der Waals surface area contributed by atoms with Crippen LogP contribution in [0, 0.1) is 0 Å². The molecule has 22 heavy (non-hydrogen) atoms. The molecule has 0 bridgehead atoms. The van der Waals surface area contributed by atoms with Crippen molar-refractivity contribution in [1.29, 1.82) is 0 Å². The number of fused-ring (bicyclic) bond motifs is 1. The molecule has 1 aliphatic rings. The van der Waals surface area contributed by atoms with Crippen molar-refractivity contribution in [3.63, 3.8) is 0 Å². The molecule has 0 aliphatic carbocycles. The van der Waals surface area contributed by atoms with Crippen LogP contribution in [0.5, 0.6) is 0 Å². The Morgan fingerprint density at radius 1 is 1.45 bits per heavy atom. The Morgan fingerprint density at radius 3 is 3.09 bits per heavy atom. The van der Waals surface area contributed by atoms with Gasteiger partial charge in [-0.3, -0.25) is 4.79 Å². The zero-order chi connectivity index (χ0) is 15.5. The number of nitrogens with zero attached hydrogens (tertiary/aromatic N) is 3. The van der Waals surface area contributed by atoms with Crippen molar-refractivity contribution in [3.05, 3.63) is 40.4 Å². The first kappa shape index (κ1) is 15.0. The summed E-state index contributed by atoms with van der Waals surface area (Å²) >= 11 is 1.17. The quantitative estimate of drug-likeness (QED) is 0.919. The fourth-order valence-corrected chi connectivity index (χ4v) is 3.53. The minimum atomic E-state index is -0.0637. The van der Waals surface area contributed by atoms with E-state index in [2.05, 4.69) is 51.0 Å². The van der Waals surface area contributed by atoms with Gasteiger partial charge in [0.05, 0.1) is 5.69 Å². The number of carbonyl (C=O) groups is 1. The highest BCUT2D eigenvalue weighted by molar-refractivity contribution is 7.08. The molecule has 1 amide bonds. The largest absolute Gasteiger partial charge is 0.366 e. The number of anilines is 1. The summed E-state index contributed by atoms with van der Waals surface area (Å²) in [5.41, 5.74) is 3.46. The minimum absolute atomic E-state index is 0.0637. The summed E-state index contributed by atoms with van der Waals surface area (Å²) in [6.45, 7) is 5.76. The van der Waals surface area contributed by atoms with E-state index < -0.39 is 0 Å². The Hall–Kier alpha value is -1.95. The fourth-order valence-electron chi connectivity index (χ4n) is 2.86. The molecule has 0 fully saturated rings. The van der Waals surface area contributed by atoms with Gasteiger partial charge in [0.15, 0.2) is 0 Å². The van der Waals surface area contributed by atoms with Gasteiger partial charge >= 0.3 is 0 Å². The summed E-state index contributed by atoms with van der Waals surface area (Å²) in [5.74, 6) is -0.0637. The first-order chi connectivity index (χ1) is 10.7. The number of rotatable bonds is 5. The Labute approximate surface area is 134 Å². The number of hydrogen-bond acceptors (Lipinski definition) is 5. The molecule has 2 aromatic rings. The van der Waals surface area contributed by atoms with E-state index in [1.807, 2.05) is 6.92 Å². The lowest BCUT2D eigenvalue weighted by Gasteiger charge is -2.27. The second-order valence-corrected chi connectivity index (χ2v) is 6.29. The van der Waals surface area contributed by atoms with Gasteiger partial charge in [-0.1, -0.05) is 29.6 Å². The summed E-state index contributed by atoms with van der Waals surface area (Å²) < 4.78 is 3.87. The van der Waals surface area contributed by atoms with Crippen LogP contribution in [-0.4, -0.2) is 34.6 Å². The lowest BCUT2D eigenvalue weighted by atomic mass is 10.2. The van der Waals surface area contributed by atoms with Crippen LogP contribution in [0.3, 0.4) is 0 Å². The molecule has 1 N–H and O–H groups in total. The Bertz CT molecular complexity index is 670. The third-order valence-electron chi connectivity index (χ3n) is 4.11. The van der Waals surface area contributed by atoms with Crippen LogP contribution in [-0.2, 0) is 12.8 Å². The number of carbonyl (C=O) groups excluding carboxylic acids is 1. The maximum absolute atomic E-state index is 12.3. The molecular weight excluding hydrogens is 296 g/mol. The first-order valence-electron chi connectivity index (χ1n) is 7.64. The standard InChI is InChI=1S/C16H20N4OS/c1-3-13-15(22-19-18-13)16(21)17-10-11(2)20-9-8-12-6-4-5-7-14(12)20/h4-7,11H,3,8-10H2,1-2H3,(H,17,21). The highest BCUT2D eigenvalue weighted by Gasteiger charge is 2.23. The second kappa shape index (κ2) is 6.44. The number of nitrogens with one attached hydrogen (secondary N) is 1. The predicted octanol–water partition coefficient (Wildman–Crippen LogP) is 2.28. The number of hydrogen-bond donors (Lipinski definition) is 1. The molecule has 3 rings (SSSR count). The molecule has 2 heterocycles. The molecule has 1 aliphatic heterocycles. The maximum atomic E-state index is 12.3.